The number of carbonyl (C=O) groups is 1. The van der Waals surface area contributed by atoms with Gasteiger partial charge in [-0.25, -0.2) is 0 Å². The molecule has 0 fully saturated rings. The number of pyridine rings is 1. The summed E-state index contributed by atoms with van der Waals surface area (Å²) in [5.74, 6) is 0.0935. The lowest BCUT2D eigenvalue weighted by atomic mass is 10.2. The summed E-state index contributed by atoms with van der Waals surface area (Å²) >= 11 is 0. The van der Waals surface area contributed by atoms with Gasteiger partial charge in [0.05, 0.1) is 0 Å². The van der Waals surface area contributed by atoms with Crippen molar-refractivity contribution < 1.29 is 4.79 Å². The molecule has 0 saturated carbocycles. The van der Waals surface area contributed by atoms with Crippen LogP contribution in [0.4, 0.5) is 0 Å². The molecule has 78 valence electrons. The van der Waals surface area contributed by atoms with Crippen LogP contribution in [-0.4, -0.2) is 29.4 Å². The largest absolute Gasteiger partial charge is 0.346 e. The van der Waals surface area contributed by atoms with Crippen LogP contribution in [0, 0.1) is 0 Å². The van der Waals surface area contributed by atoms with Gasteiger partial charge < -0.3 is 4.90 Å². The Morgan fingerprint density at radius 1 is 1.50 bits per heavy atom. The van der Waals surface area contributed by atoms with E-state index in [9.17, 15) is 4.79 Å². The van der Waals surface area contributed by atoms with Gasteiger partial charge in [-0.2, -0.15) is 0 Å². The Bertz CT molecular complexity index is 277. The predicted molar refractivity (Wildman–Crippen MR) is 58.5 cm³/mol. The molecule has 3 nitrogen and oxygen atoms in total. The molecule has 1 amide bonds. The van der Waals surface area contributed by atoms with Gasteiger partial charge in [0.1, 0.15) is 0 Å². The Labute approximate surface area is 90.6 Å². The second-order valence-electron chi connectivity index (χ2n) is 3.01. The van der Waals surface area contributed by atoms with Crippen molar-refractivity contribution in [2.75, 3.05) is 13.6 Å². The van der Waals surface area contributed by atoms with Crippen LogP contribution in [0.1, 0.15) is 12.6 Å². The van der Waals surface area contributed by atoms with E-state index in [-0.39, 0.29) is 18.3 Å². The zero-order valence-electron chi connectivity index (χ0n) is 8.43. The van der Waals surface area contributed by atoms with E-state index in [1.54, 1.807) is 25.1 Å². The van der Waals surface area contributed by atoms with Crippen LogP contribution < -0.4 is 0 Å². The Kier molecular flexibility index (Phi) is 5.88. The zero-order valence-corrected chi connectivity index (χ0v) is 9.25. The Balaban J connectivity index is 0.00000169. The summed E-state index contributed by atoms with van der Waals surface area (Å²) in [5, 5.41) is 0. The highest BCUT2D eigenvalue weighted by atomic mass is 35.5. The third-order valence-corrected chi connectivity index (χ3v) is 1.97. The average Bonchev–Trinajstić information content (AvgIpc) is 2.15. The molecule has 1 rings (SSSR count). The minimum atomic E-state index is 0. The summed E-state index contributed by atoms with van der Waals surface area (Å²) in [6, 6.07) is 5.81. The molecule has 0 unspecified atom stereocenters. The maximum Gasteiger partial charge on any atom is 0.219 e. The first-order chi connectivity index (χ1) is 6.20. The van der Waals surface area contributed by atoms with E-state index in [2.05, 4.69) is 4.98 Å². The van der Waals surface area contributed by atoms with Gasteiger partial charge in [0.2, 0.25) is 5.91 Å². The van der Waals surface area contributed by atoms with Gasteiger partial charge in [-0.3, -0.25) is 9.78 Å². The maximum atomic E-state index is 10.9. The fourth-order valence-electron chi connectivity index (χ4n) is 0.986. The van der Waals surface area contributed by atoms with Crippen LogP contribution in [0.25, 0.3) is 0 Å². The topological polar surface area (TPSA) is 33.2 Å². The molecule has 0 aromatic carbocycles. The molecule has 0 spiro atoms. The van der Waals surface area contributed by atoms with E-state index in [4.69, 9.17) is 0 Å². The molecule has 0 aliphatic heterocycles. The normalized spacial score (nSPS) is 9.00. The summed E-state index contributed by atoms with van der Waals surface area (Å²) in [7, 11) is 1.80. The fraction of sp³-hybridized carbons (Fsp3) is 0.400. The Morgan fingerprint density at radius 3 is 2.71 bits per heavy atom. The van der Waals surface area contributed by atoms with Crippen LogP contribution in [0.15, 0.2) is 24.4 Å². The van der Waals surface area contributed by atoms with Crippen LogP contribution in [0.3, 0.4) is 0 Å². The molecule has 0 radical (unpaired) electrons. The second-order valence-corrected chi connectivity index (χ2v) is 3.01. The maximum absolute atomic E-state index is 10.9. The molecule has 0 aliphatic carbocycles. The summed E-state index contributed by atoms with van der Waals surface area (Å²) in [6.45, 7) is 2.30. The van der Waals surface area contributed by atoms with Gasteiger partial charge >= 0.3 is 0 Å². The molecule has 0 N–H and O–H groups in total. The van der Waals surface area contributed by atoms with Crippen molar-refractivity contribution in [2.24, 2.45) is 0 Å². The molecule has 4 heteroatoms. The van der Waals surface area contributed by atoms with Crippen molar-refractivity contribution in [3.8, 4) is 0 Å². The summed E-state index contributed by atoms with van der Waals surface area (Å²) in [4.78, 5) is 16.7. The van der Waals surface area contributed by atoms with Crippen molar-refractivity contribution in [3.05, 3.63) is 30.1 Å². The average molecular weight is 215 g/mol. The van der Waals surface area contributed by atoms with Gasteiger partial charge in [-0.15, -0.1) is 12.4 Å². The first-order valence-electron chi connectivity index (χ1n) is 4.32. The Morgan fingerprint density at radius 2 is 2.21 bits per heavy atom. The fourth-order valence-corrected chi connectivity index (χ4v) is 0.986. The number of likely N-dealkylation sites (N-methyl/N-ethyl adjacent to an activating group) is 1. The number of rotatable bonds is 3. The summed E-state index contributed by atoms with van der Waals surface area (Å²) in [6.07, 6.45) is 2.58. The van der Waals surface area contributed by atoms with E-state index >= 15 is 0 Å². The monoisotopic (exact) mass is 214 g/mol. The molecule has 14 heavy (non-hydrogen) atoms. The van der Waals surface area contributed by atoms with Crippen molar-refractivity contribution in [1.29, 1.82) is 0 Å². The van der Waals surface area contributed by atoms with Crippen LogP contribution >= 0.6 is 12.4 Å². The van der Waals surface area contributed by atoms with Crippen molar-refractivity contribution in [3.63, 3.8) is 0 Å². The minimum Gasteiger partial charge on any atom is -0.346 e. The summed E-state index contributed by atoms with van der Waals surface area (Å²) in [5.41, 5.74) is 1.02. The van der Waals surface area contributed by atoms with E-state index in [0.717, 1.165) is 18.7 Å². The molecule has 0 aliphatic rings. The minimum absolute atomic E-state index is 0. The van der Waals surface area contributed by atoms with E-state index in [0.29, 0.717) is 0 Å². The highest BCUT2D eigenvalue weighted by molar-refractivity contribution is 5.85. The molecule has 1 aromatic rings. The molecule has 0 saturated heterocycles. The van der Waals surface area contributed by atoms with Gasteiger partial charge in [0.25, 0.3) is 0 Å². The highest BCUT2D eigenvalue weighted by Gasteiger charge is 2.01. The molecule has 1 aromatic heterocycles. The molecular weight excluding hydrogens is 200 g/mol. The smallest absolute Gasteiger partial charge is 0.219 e. The lowest BCUT2D eigenvalue weighted by molar-refractivity contribution is -0.127. The number of hydrogen-bond acceptors (Lipinski definition) is 2. The molecular formula is C10H15ClN2O. The zero-order chi connectivity index (χ0) is 9.68. The molecule has 0 atom stereocenters. The SMILES string of the molecule is CC(=O)N(C)CCc1ccccn1.Cl. The van der Waals surface area contributed by atoms with Gasteiger partial charge in [0, 0.05) is 38.8 Å². The van der Waals surface area contributed by atoms with Crippen molar-refractivity contribution in [1.82, 2.24) is 9.88 Å². The Hall–Kier alpha value is -1.09. The summed E-state index contributed by atoms with van der Waals surface area (Å²) < 4.78 is 0. The van der Waals surface area contributed by atoms with Crippen LogP contribution in [-0.2, 0) is 11.2 Å². The number of halogens is 1. The lowest BCUT2D eigenvalue weighted by Gasteiger charge is -2.13. The number of aromatic nitrogens is 1. The van der Waals surface area contributed by atoms with Gasteiger partial charge in [0.15, 0.2) is 0 Å². The second kappa shape index (κ2) is 6.38. The number of nitrogens with zero attached hydrogens (tertiary/aromatic N) is 2. The van der Waals surface area contributed by atoms with Crippen LogP contribution in [0.5, 0.6) is 0 Å². The van der Waals surface area contributed by atoms with E-state index < -0.39 is 0 Å². The quantitative estimate of drug-likeness (QED) is 0.765. The number of hydrogen-bond donors (Lipinski definition) is 0. The third kappa shape index (κ3) is 4.23. The third-order valence-electron chi connectivity index (χ3n) is 1.97. The van der Waals surface area contributed by atoms with Crippen molar-refractivity contribution in [2.45, 2.75) is 13.3 Å². The van der Waals surface area contributed by atoms with Crippen molar-refractivity contribution >= 4 is 18.3 Å². The van der Waals surface area contributed by atoms with E-state index in [1.807, 2.05) is 18.2 Å². The van der Waals surface area contributed by atoms with Crippen LogP contribution in [0.2, 0.25) is 0 Å². The van der Waals surface area contributed by atoms with Gasteiger partial charge in [-0.05, 0) is 12.1 Å². The highest BCUT2D eigenvalue weighted by Crippen LogP contribution is 1.96. The van der Waals surface area contributed by atoms with E-state index in [1.165, 1.54) is 0 Å². The first-order valence-corrected chi connectivity index (χ1v) is 4.32. The first kappa shape index (κ1) is 12.9. The number of carbonyl (C=O) groups excluding carboxylic acids is 1. The lowest BCUT2D eigenvalue weighted by Crippen LogP contribution is -2.26. The number of amides is 1. The molecule has 1 heterocycles. The standard InChI is InChI=1S/C10H14N2O.ClH/c1-9(13)12(2)8-6-10-5-3-4-7-11-10;/h3-5,7H,6,8H2,1-2H3;1H. The predicted octanol–water partition coefficient (Wildman–Crippen LogP) is 1.52. The van der Waals surface area contributed by atoms with Gasteiger partial charge in [-0.1, -0.05) is 6.07 Å². The molecule has 0 bridgehead atoms.